The minimum absolute atomic E-state index is 0.127. The molecule has 0 atom stereocenters. The molecule has 0 aliphatic carbocycles. The van der Waals surface area contributed by atoms with Crippen molar-refractivity contribution in [1.82, 2.24) is 14.5 Å². The molecule has 1 rings (SSSR count). The van der Waals surface area contributed by atoms with Crippen LogP contribution in [0.4, 0.5) is 0 Å². The molecule has 0 saturated heterocycles. The van der Waals surface area contributed by atoms with E-state index in [4.69, 9.17) is 5.11 Å². The highest BCUT2D eigenvalue weighted by Crippen LogP contribution is 2.01. The number of imidazole rings is 1. The Balaban J connectivity index is 2.30. The van der Waals surface area contributed by atoms with Crippen molar-refractivity contribution in [2.75, 3.05) is 19.6 Å². The predicted molar refractivity (Wildman–Crippen MR) is 65.8 cm³/mol. The summed E-state index contributed by atoms with van der Waals surface area (Å²) in [5, 5.41) is 8.82. The van der Waals surface area contributed by atoms with Gasteiger partial charge in [-0.1, -0.05) is 13.8 Å². The van der Waals surface area contributed by atoms with Crippen LogP contribution in [-0.2, 0) is 11.3 Å². The molecule has 0 fully saturated rings. The van der Waals surface area contributed by atoms with Crippen molar-refractivity contribution >= 4 is 5.97 Å². The number of rotatable bonds is 8. The molecule has 0 bridgehead atoms. The van der Waals surface area contributed by atoms with Crippen LogP contribution in [0.5, 0.6) is 0 Å². The molecule has 1 aromatic rings. The van der Waals surface area contributed by atoms with Crippen LogP contribution in [0, 0.1) is 5.92 Å². The number of aromatic nitrogens is 2. The Morgan fingerprint density at radius 3 is 2.82 bits per heavy atom. The minimum Gasteiger partial charge on any atom is -0.480 e. The highest BCUT2D eigenvalue weighted by atomic mass is 16.4. The molecule has 0 aliphatic rings. The standard InChI is InChI=1S/C12H21N3O2/c1-11(2)8-15(9-12(16)17)6-3-5-14-7-4-13-10-14/h4,7,10-11H,3,5-6,8-9H2,1-2H3,(H,16,17). The van der Waals surface area contributed by atoms with Crippen molar-refractivity contribution in [3.63, 3.8) is 0 Å². The van der Waals surface area contributed by atoms with Crippen LogP contribution in [0.25, 0.3) is 0 Å². The van der Waals surface area contributed by atoms with E-state index in [-0.39, 0.29) is 6.54 Å². The number of hydrogen-bond acceptors (Lipinski definition) is 3. The molecule has 17 heavy (non-hydrogen) atoms. The third-order valence-electron chi connectivity index (χ3n) is 2.43. The van der Waals surface area contributed by atoms with Gasteiger partial charge in [0.05, 0.1) is 12.9 Å². The zero-order valence-corrected chi connectivity index (χ0v) is 10.5. The number of carbonyl (C=O) groups is 1. The van der Waals surface area contributed by atoms with Crippen LogP contribution >= 0.6 is 0 Å². The number of nitrogens with zero attached hydrogens (tertiary/aromatic N) is 3. The fourth-order valence-corrected chi connectivity index (χ4v) is 1.84. The lowest BCUT2D eigenvalue weighted by molar-refractivity contribution is -0.138. The Labute approximate surface area is 102 Å². The summed E-state index contributed by atoms with van der Waals surface area (Å²) in [6.45, 7) is 6.85. The molecule has 5 heteroatoms. The minimum atomic E-state index is -0.756. The van der Waals surface area contributed by atoms with Crippen molar-refractivity contribution in [2.24, 2.45) is 5.92 Å². The Kier molecular flexibility index (Phi) is 5.69. The summed E-state index contributed by atoms with van der Waals surface area (Å²) >= 11 is 0. The fourth-order valence-electron chi connectivity index (χ4n) is 1.84. The van der Waals surface area contributed by atoms with Gasteiger partial charge in [-0.2, -0.15) is 0 Å². The van der Waals surface area contributed by atoms with Crippen LogP contribution in [0.1, 0.15) is 20.3 Å². The third kappa shape index (κ3) is 6.06. The van der Waals surface area contributed by atoms with Gasteiger partial charge in [-0.25, -0.2) is 4.98 Å². The van der Waals surface area contributed by atoms with Gasteiger partial charge in [0.15, 0.2) is 0 Å². The second-order valence-electron chi connectivity index (χ2n) is 4.68. The molecule has 0 spiro atoms. The summed E-state index contributed by atoms with van der Waals surface area (Å²) in [6.07, 6.45) is 6.40. The molecule has 96 valence electrons. The van der Waals surface area contributed by atoms with Gasteiger partial charge < -0.3 is 9.67 Å². The SMILES string of the molecule is CC(C)CN(CCCn1ccnc1)CC(=O)O. The molecule has 1 aromatic heterocycles. The molecule has 1 N–H and O–H groups in total. The Morgan fingerprint density at radius 1 is 1.53 bits per heavy atom. The van der Waals surface area contributed by atoms with Gasteiger partial charge in [0.2, 0.25) is 0 Å². The quantitative estimate of drug-likeness (QED) is 0.743. The first-order chi connectivity index (χ1) is 8.08. The molecule has 0 radical (unpaired) electrons. The van der Waals surface area contributed by atoms with Crippen molar-refractivity contribution in [3.8, 4) is 0 Å². The molecule has 0 amide bonds. The maximum absolute atomic E-state index is 10.7. The summed E-state index contributed by atoms with van der Waals surface area (Å²) in [7, 11) is 0. The second kappa shape index (κ2) is 7.06. The number of aliphatic carboxylic acids is 1. The van der Waals surface area contributed by atoms with Crippen LogP contribution in [0.3, 0.4) is 0 Å². The Hall–Kier alpha value is -1.36. The average Bonchev–Trinajstić information content (AvgIpc) is 2.68. The molecule has 0 unspecified atom stereocenters. The van der Waals surface area contributed by atoms with E-state index in [1.807, 2.05) is 15.7 Å². The topological polar surface area (TPSA) is 58.4 Å². The van der Waals surface area contributed by atoms with E-state index in [2.05, 4.69) is 18.8 Å². The molecule has 0 aromatic carbocycles. The van der Waals surface area contributed by atoms with E-state index in [0.717, 1.165) is 26.1 Å². The molecular weight excluding hydrogens is 218 g/mol. The van der Waals surface area contributed by atoms with Gasteiger partial charge in [0, 0.05) is 32.0 Å². The van der Waals surface area contributed by atoms with Gasteiger partial charge in [0.25, 0.3) is 0 Å². The monoisotopic (exact) mass is 239 g/mol. The number of hydrogen-bond donors (Lipinski definition) is 1. The fraction of sp³-hybridized carbons (Fsp3) is 0.667. The predicted octanol–water partition coefficient (Wildman–Crippen LogP) is 1.32. The van der Waals surface area contributed by atoms with Gasteiger partial charge >= 0.3 is 5.97 Å². The second-order valence-corrected chi connectivity index (χ2v) is 4.68. The summed E-state index contributed by atoms with van der Waals surface area (Å²) in [5.74, 6) is -0.268. The van der Waals surface area contributed by atoms with E-state index >= 15 is 0 Å². The molecule has 0 aliphatic heterocycles. The molecule has 0 saturated carbocycles. The van der Waals surface area contributed by atoms with Gasteiger partial charge in [0.1, 0.15) is 0 Å². The summed E-state index contributed by atoms with van der Waals surface area (Å²) < 4.78 is 2.01. The van der Waals surface area contributed by atoms with Gasteiger partial charge in [-0.05, 0) is 12.3 Å². The normalized spacial score (nSPS) is 11.3. The van der Waals surface area contributed by atoms with E-state index in [1.54, 1.807) is 12.5 Å². The summed E-state index contributed by atoms with van der Waals surface area (Å²) in [5.41, 5.74) is 0. The summed E-state index contributed by atoms with van der Waals surface area (Å²) in [6, 6.07) is 0. The van der Waals surface area contributed by atoms with Crippen molar-refractivity contribution in [1.29, 1.82) is 0 Å². The first-order valence-electron chi connectivity index (χ1n) is 5.98. The molecule has 1 heterocycles. The highest BCUT2D eigenvalue weighted by Gasteiger charge is 2.10. The van der Waals surface area contributed by atoms with Crippen molar-refractivity contribution < 1.29 is 9.90 Å². The van der Waals surface area contributed by atoms with Crippen LogP contribution in [-0.4, -0.2) is 45.2 Å². The zero-order valence-electron chi connectivity index (χ0n) is 10.5. The highest BCUT2D eigenvalue weighted by molar-refractivity contribution is 5.69. The smallest absolute Gasteiger partial charge is 0.317 e. The lowest BCUT2D eigenvalue weighted by Crippen LogP contribution is -2.34. The van der Waals surface area contributed by atoms with E-state index in [1.165, 1.54) is 0 Å². The number of carboxylic acids is 1. The first kappa shape index (κ1) is 13.7. The molecular formula is C12H21N3O2. The lowest BCUT2D eigenvalue weighted by Gasteiger charge is -2.22. The van der Waals surface area contributed by atoms with Crippen LogP contribution < -0.4 is 0 Å². The third-order valence-corrected chi connectivity index (χ3v) is 2.43. The van der Waals surface area contributed by atoms with Gasteiger partial charge in [-0.15, -0.1) is 0 Å². The Morgan fingerprint density at radius 2 is 2.29 bits per heavy atom. The molecule has 5 nitrogen and oxygen atoms in total. The largest absolute Gasteiger partial charge is 0.480 e. The van der Waals surface area contributed by atoms with Crippen LogP contribution in [0.2, 0.25) is 0 Å². The van der Waals surface area contributed by atoms with Crippen molar-refractivity contribution in [3.05, 3.63) is 18.7 Å². The average molecular weight is 239 g/mol. The first-order valence-corrected chi connectivity index (χ1v) is 5.98. The van der Waals surface area contributed by atoms with Crippen molar-refractivity contribution in [2.45, 2.75) is 26.8 Å². The van der Waals surface area contributed by atoms with Gasteiger partial charge in [-0.3, -0.25) is 9.69 Å². The number of carboxylic acid groups (broad SMARTS) is 1. The lowest BCUT2D eigenvalue weighted by atomic mass is 10.2. The van der Waals surface area contributed by atoms with E-state index in [0.29, 0.717) is 5.92 Å². The number of aryl methyl sites for hydroxylation is 1. The maximum atomic E-state index is 10.7. The Bertz CT molecular complexity index is 323. The maximum Gasteiger partial charge on any atom is 0.317 e. The zero-order chi connectivity index (χ0) is 12.7. The van der Waals surface area contributed by atoms with Crippen LogP contribution in [0.15, 0.2) is 18.7 Å². The summed E-state index contributed by atoms with van der Waals surface area (Å²) in [4.78, 5) is 16.7. The van der Waals surface area contributed by atoms with E-state index < -0.39 is 5.97 Å². The van der Waals surface area contributed by atoms with E-state index in [9.17, 15) is 4.79 Å².